The molecule has 2 N–H and O–H groups in total. The molecule has 2 aromatic heterocycles. The van der Waals surface area contributed by atoms with Crippen LogP contribution in [-0.4, -0.2) is 52.5 Å². The van der Waals surface area contributed by atoms with E-state index in [1.54, 1.807) is 10.8 Å². The van der Waals surface area contributed by atoms with Crippen molar-refractivity contribution in [3.8, 4) is 0 Å². The highest BCUT2D eigenvalue weighted by Gasteiger charge is 2.36. The van der Waals surface area contributed by atoms with Crippen molar-refractivity contribution < 1.29 is 23.9 Å². The number of fused-ring (bicyclic) bond motifs is 1. The Morgan fingerprint density at radius 3 is 2.83 bits per heavy atom. The molecule has 35 heavy (non-hydrogen) atoms. The van der Waals surface area contributed by atoms with E-state index in [0.29, 0.717) is 12.1 Å². The van der Waals surface area contributed by atoms with Crippen LogP contribution in [0.2, 0.25) is 0 Å². The van der Waals surface area contributed by atoms with E-state index >= 15 is 0 Å². The van der Waals surface area contributed by atoms with E-state index in [4.69, 9.17) is 4.74 Å². The Balaban J connectivity index is 1.40. The van der Waals surface area contributed by atoms with E-state index in [9.17, 15) is 19.2 Å². The van der Waals surface area contributed by atoms with Crippen LogP contribution in [-0.2, 0) is 32.2 Å². The third-order valence-corrected chi connectivity index (χ3v) is 6.93. The summed E-state index contributed by atoms with van der Waals surface area (Å²) in [7, 11) is 0. The Labute approximate surface area is 205 Å². The number of carbonyl (C=O) groups is 4. The molecule has 3 aromatic rings. The molecule has 2 saturated heterocycles. The van der Waals surface area contributed by atoms with E-state index in [-0.39, 0.29) is 30.7 Å². The second-order valence-corrected chi connectivity index (χ2v) is 9.49. The SMILES string of the molecule is O=C(Cn1cc(/C=C2\C(=O)NC(=O)N(Cc3cccs3)C2=O)c2ccccc21)NCC1CCCO1. The molecule has 180 valence electrons. The predicted molar refractivity (Wildman–Crippen MR) is 130 cm³/mol. The number of hydrogen-bond donors (Lipinski definition) is 2. The van der Waals surface area contributed by atoms with Crippen molar-refractivity contribution in [1.82, 2.24) is 20.1 Å². The Hall–Kier alpha value is -3.76. The lowest BCUT2D eigenvalue weighted by Gasteiger charge is -2.25. The van der Waals surface area contributed by atoms with Crippen molar-refractivity contribution in [2.75, 3.05) is 13.2 Å². The van der Waals surface area contributed by atoms with Gasteiger partial charge in [0.15, 0.2) is 0 Å². The summed E-state index contributed by atoms with van der Waals surface area (Å²) in [6, 6.07) is 10.4. The van der Waals surface area contributed by atoms with Gasteiger partial charge in [0, 0.05) is 40.7 Å². The summed E-state index contributed by atoms with van der Waals surface area (Å²) in [6.07, 6.45) is 5.21. The van der Waals surface area contributed by atoms with Gasteiger partial charge in [0.05, 0.1) is 12.6 Å². The summed E-state index contributed by atoms with van der Waals surface area (Å²) in [5, 5.41) is 7.81. The summed E-state index contributed by atoms with van der Waals surface area (Å²) >= 11 is 1.42. The van der Waals surface area contributed by atoms with Gasteiger partial charge in [0.25, 0.3) is 11.8 Å². The third kappa shape index (κ3) is 4.89. The second kappa shape index (κ2) is 9.85. The van der Waals surface area contributed by atoms with E-state index in [0.717, 1.165) is 40.1 Å². The van der Waals surface area contributed by atoms with Gasteiger partial charge in [0.1, 0.15) is 12.1 Å². The molecule has 0 radical (unpaired) electrons. The molecule has 0 aliphatic carbocycles. The van der Waals surface area contributed by atoms with Gasteiger partial charge in [-0.15, -0.1) is 11.3 Å². The normalized spacial score (nSPS) is 19.5. The molecule has 1 unspecified atom stereocenters. The zero-order chi connectivity index (χ0) is 24.4. The minimum atomic E-state index is -0.742. The Morgan fingerprint density at radius 1 is 1.20 bits per heavy atom. The highest BCUT2D eigenvalue weighted by molar-refractivity contribution is 7.09. The number of carbonyl (C=O) groups excluding carboxylic acids is 4. The first kappa shape index (κ1) is 23.0. The topological polar surface area (TPSA) is 110 Å². The van der Waals surface area contributed by atoms with Gasteiger partial charge >= 0.3 is 6.03 Å². The van der Waals surface area contributed by atoms with Crippen molar-refractivity contribution in [3.63, 3.8) is 0 Å². The first-order valence-corrected chi connectivity index (χ1v) is 12.2. The number of amides is 5. The van der Waals surface area contributed by atoms with Crippen LogP contribution in [0.4, 0.5) is 4.79 Å². The van der Waals surface area contributed by atoms with Crippen LogP contribution >= 0.6 is 11.3 Å². The van der Waals surface area contributed by atoms with Crippen molar-refractivity contribution in [3.05, 3.63) is 64.0 Å². The number of nitrogens with zero attached hydrogens (tertiary/aromatic N) is 2. The third-order valence-electron chi connectivity index (χ3n) is 6.06. The quantitative estimate of drug-likeness (QED) is 0.389. The fraction of sp³-hybridized carbons (Fsp3) is 0.280. The number of rotatable bonds is 7. The zero-order valence-corrected chi connectivity index (χ0v) is 19.7. The van der Waals surface area contributed by atoms with Crippen LogP contribution in [0.15, 0.2) is 53.5 Å². The fourth-order valence-electron chi connectivity index (χ4n) is 4.32. The van der Waals surface area contributed by atoms with Crippen LogP contribution in [0.25, 0.3) is 17.0 Å². The van der Waals surface area contributed by atoms with Crippen molar-refractivity contribution in [2.45, 2.75) is 32.0 Å². The van der Waals surface area contributed by atoms with Crippen LogP contribution in [0.5, 0.6) is 0 Å². The van der Waals surface area contributed by atoms with Crippen LogP contribution in [0.3, 0.4) is 0 Å². The standard InChI is InChI=1S/C25H24N4O5S/c30-22(26-12-17-5-3-9-34-17)15-28-13-16(19-7-1-2-8-21(19)28)11-20-23(31)27-25(33)29(24(20)32)14-18-6-4-10-35-18/h1-2,4,6-8,10-11,13,17H,3,5,9,12,14-15H2,(H,26,30)(H,27,31,33)/b20-11+. The lowest BCUT2D eigenvalue weighted by atomic mass is 10.1. The molecule has 4 heterocycles. The lowest BCUT2D eigenvalue weighted by Crippen LogP contribution is -2.53. The smallest absolute Gasteiger partial charge is 0.331 e. The van der Waals surface area contributed by atoms with E-state index in [2.05, 4.69) is 10.6 Å². The molecule has 9 nitrogen and oxygen atoms in total. The second-order valence-electron chi connectivity index (χ2n) is 8.46. The Kier molecular flexibility index (Phi) is 6.47. The Morgan fingerprint density at radius 2 is 2.06 bits per heavy atom. The maximum absolute atomic E-state index is 13.1. The van der Waals surface area contributed by atoms with Gasteiger partial charge in [-0.2, -0.15) is 0 Å². The number of para-hydroxylation sites is 1. The maximum atomic E-state index is 13.1. The number of aromatic nitrogens is 1. The highest BCUT2D eigenvalue weighted by atomic mass is 32.1. The molecule has 2 fully saturated rings. The number of barbiturate groups is 1. The number of nitrogens with one attached hydrogen (secondary N) is 2. The minimum absolute atomic E-state index is 0.0521. The average molecular weight is 493 g/mol. The summed E-state index contributed by atoms with van der Waals surface area (Å²) in [4.78, 5) is 52.4. The summed E-state index contributed by atoms with van der Waals surface area (Å²) < 4.78 is 7.34. The molecule has 2 aliphatic rings. The number of ether oxygens (including phenoxy) is 1. The number of urea groups is 1. The van der Waals surface area contributed by atoms with Gasteiger partial charge in [0.2, 0.25) is 5.91 Å². The molecule has 1 atom stereocenters. The number of thiophene rings is 1. The molecule has 1 aromatic carbocycles. The van der Waals surface area contributed by atoms with Crippen LogP contribution in [0, 0.1) is 0 Å². The zero-order valence-electron chi connectivity index (χ0n) is 18.9. The Bertz CT molecular complexity index is 1320. The molecular weight excluding hydrogens is 468 g/mol. The average Bonchev–Trinajstić information content (AvgIpc) is 3.61. The van der Waals surface area contributed by atoms with Gasteiger partial charge in [-0.25, -0.2) is 4.79 Å². The van der Waals surface area contributed by atoms with E-state index < -0.39 is 17.8 Å². The molecule has 2 aliphatic heterocycles. The monoisotopic (exact) mass is 492 g/mol. The fourth-order valence-corrected chi connectivity index (χ4v) is 5.01. The van der Waals surface area contributed by atoms with Crippen molar-refractivity contribution in [2.24, 2.45) is 0 Å². The molecule has 0 bridgehead atoms. The van der Waals surface area contributed by atoms with Crippen LogP contribution < -0.4 is 10.6 Å². The van der Waals surface area contributed by atoms with E-state index in [1.165, 1.54) is 17.4 Å². The molecule has 0 saturated carbocycles. The first-order valence-electron chi connectivity index (χ1n) is 11.4. The van der Waals surface area contributed by atoms with E-state index in [1.807, 2.05) is 41.8 Å². The lowest BCUT2D eigenvalue weighted by molar-refractivity contribution is -0.130. The molecule has 5 amide bonds. The summed E-state index contributed by atoms with van der Waals surface area (Å²) in [5.74, 6) is -1.55. The van der Waals surface area contributed by atoms with Gasteiger partial charge in [-0.05, 0) is 36.4 Å². The maximum Gasteiger partial charge on any atom is 0.331 e. The molecule has 5 rings (SSSR count). The number of benzene rings is 1. The number of hydrogen-bond acceptors (Lipinski definition) is 6. The van der Waals surface area contributed by atoms with Gasteiger partial charge in [-0.3, -0.25) is 24.6 Å². The first-order chi connectivity index (χ1) is 17.0. The largest absolute Gasteiger partial charge is 0.376 e. The minimum Gasteiger partial charge on any atom is -0.376 e. The predicted octanol–water partition coefficient (Wildman–Crippen LogP) is 2.66. The van der Waals surface area contributed by atoms with Crippen molar-refractivity contribution in [1.29, 1.82) is 0 Å². The van der Waals surface area contributed by atoms with Gasteiger partial charge < -0.3 is 14.6 Å². The van der Waals surface area contributed by atoms with Crippen LogP contribution in [0.1, 0.15) is 23.3 Å². The molecular formula is C25H24N4O5S. The van der Waals surface area contributed by atoms with Gasteiger partial charge in [-0.1, -0.05) is 24.3 Å². The number of imide groups is 2. The van der Waals surface area contributed by atoms with Crippen molar-refractivity contribution >= 4 is 52.1 Å². The molecule has 10 heteroatoms. The molecule has 0 spiro atoms. The summed E-state index contributed by atoms with van der Waals surface area (Å²) in [5.41, 5.74) is 1.27. The highest BCUT2D eigenvalue weighted by Crippen LogP contribution is 2.26. The summed E-state index contributed by atoms with van der Waals surface area (Å²) in [6.45, 7) is 1.36.